The topological polar surface area (TPSA) is 148 Å². The first kappa shape index (κ1) is 27.7. The number of hydrazone groups is 4. The highest BCUT2D eigenvalue weighted by molar-refractivity contribution is 8.36. The van der Waals surface area contributed by atoms with Crippen LogP contribution >= 0.6 is 23.5 Å². The molecule has 0 saturated heterocycles. The highest BCUT2D eigenvalue weighted by atomic mass is 32.2. The first-order valence-electron chi connectivity index (χ1n) is 13.8. The molecule has 0 radical (unpaired) electrons. The summed E-state index contributed by atoms with van der Waals surface area (Å²) in [5.41, 5.74) is 10.0. The van der Waals surface area contributed by atoms with E-state index < -0.39 is 11.8 Å². The number of fused-ring (bicyclic) bond motifs is 4. The van der Waals surface area contributed by atoms with E-state index in [-0.39, 0.29) is 33.3 Å². The SMILES string of the molecule is O=C1C=Cc2ccccc2/C1=C\C=C1/NN=C2SC(C3=NN4C(=O)/C(=C/C=C5/C(=O)C=Cc6ccccc65)NN=C4S3)=NN2C1=O. The van der Waals surface area contributed by atoms with Gasteiger partial charge < -0.3 is 0 Å². The van der Waals surface area contributed by atoms with E-state index in [2.05, 4.69) is 31.3 Å². The Morgan fingerprint density at radius 3 is 1.46 bits per heavy atom. The smallest absolute Gasteiger partial charge is 0.289 e. The molecule has 0 bridgehead atoms. The van der Waals surface area contributed by atoms with E-state index in [9.17, 15) is 19.2 Å². The van der Waals surface area contributed by atoms with E-state index >= 15 is 0 Å². The number of hydrogen-bond acceptors (Lipinski definition) is 12. The van der Waals surface area contributed by atoms with Crippen molar-refractivity contribution in [3.63, 3.8) is 0 Å². The van der Waals surface area contributed by atoms with Crippen LogP contribution in [0.4, 0.5) is 0 Å². The van der Waals surface area contributed by atoms with E-state index in [1.54, 1.807) is 24.3 Å². The molecule has 0 aromatic heterocycles. The van der Waals surface area contributed by atoms with Gasteiger partial charge in [0, 0.05) is 11.1 Å². The molecule has 2 aromatic rings. The normalized spacial score (nSPS) is 23.1. The van der Waals surface area contributed by atoms with Crippen LogP contribution in [0, 0.1) is 0 Å². The van der Waals surface area contributed by atoms with Crippen molar-refractivity contribution in [3.05, 3.63) is 119 Å². The van der Waals surface area contributed by atoms with Crippen molar-refractivity contribution in [2.45, 2.75) is 0 Å². The number of thioether (sulfide) groups is 2. The van der Waals surface area contributed by atoms with E-state index in [4.69, 9.17) is 0 Å². The molecule has 0 fully saturated rings. The zero-order chi connectivity index (χ0) is 31.4. The first-order valence-corrected chi connectivity index (χ1v) is 15.4. The van der Waals surface area contributed by atoms with Crippen molar-refractivity contribution in [1.29, 1.82) is 0 Å². The van der Waals surface area contributed by atoms with Gasteiger partial charge in [-0.05, 0) is 82.2 Å². The summed E-state index contributed by atoms with van der Waals surface area (Å²) in [4.78, 5) is 51.7. The fourth-order valence-corrected chi connectivity index (χ4v) is 6.83. The Kier molecular flexibility index (Phi) is 6.58. The number of benzene rings is 2. The summed E-state index contributed by atoms with van der Waals surface area (Å²) in [6, 6.07) is 15.0. The minimum absolute atomic E-state index is 0.127. The molecular formula is C32H18N8O4S2. The number of nitrogens with one attached hydrogen (secondary N) is 2. The van der Waals surface area contributed by atoms with Crippen LogP contribution in [0.15, 0.2) is 117 Å². The second-order valence-corrected chi connectivity index (χ2v) is 12.1. The molecule has 46 heavy (non-hydrogen) atoms. The van der Waals surface area contributed by atoms with Gasteiger partial charge in [-0.3, -0.25) is 30.0 Å². The lowest BCUT2D eigenvalue weighted by Gasteiger charge is -2.19. The predicted molar refractivity (Wildman–Crippen MR) is 178 cm³/mol. The molecule has 0 spiro atoms. The molecule has 4 aliphatic heterocycles. The van der Waals surface area contributed by atoms with Crippen LogP contribution < -0.4 is 10.9 Å². The summed E-state index contributed by atoms with van der Waals surface area (Å²) < 4.78 is 0. The quantitative estimate of drug-likeness (QED) is 0.483. The van der Waals surface area contributed by atoms with Gasteiger partial charge in [-0.1, -0.05) is 60.7 Å². The van der Waals surface area contributed by atoms with Crippen LogP contribution in [0.25, 0.3) is 23.3 Å². The van der Waals surface area contributed by atoms with Gasteiger partial charge in [-0.15, -0.1) is 10.2 Å². The lowest BCUT2D eigenvalue weighted by atomic mass is 9.91. The van der Waals surface area contributed by atoms with Gasteiger partial charge in [0.05, 0.1) is 0 Å². The zero-order valence-corrected chi connectivity index (χ0v) is 25.0. The Labute approximate surface area is 269 Å². The number of amidine groups is 2. The molecule has 8 rings (SSSR count). The summed E-state index contributed by atoms with van der Waals surface area (Å²) in [5.74, 6) is -1.28. The largest absolute Gasteiger partial charge is 0.298 e. The van der Waals surface area contributed by atoms with E-state index in [1.165, 1.54) is 24.3 Å². The molecule has 2 aliphatic carbocycles. The Bertz CT molecular complexity index is 2000. The van der Waals surface area contributed by atoms with E-state index in [0.29, 0.717) is 21.2 Å². The number of ketones is 2. The zero-order valence-electron chi connectivity index (χ0n) is 23.4. The third-order valence-electron chi connectivity index (χ3n) is 7.39. The van der Waals surface area contributed by atoms with Crippen LogP contribution in [0.3, 0.4) is 0 Å². The first-order chi connectivity index (χ1) is 22.4. The van der Waals surface area contributed by atoms with Crippen LogP contribution in [-0.4, -0.2) is 53.8 Å². The van der Waals surface area contributed by atoms with Gasteiger partial charge in [0.1, 0.15) is 11.4 Å². The van der Waals surface area contributed by atoms with Crippen molar-refractivity contribution >= 4 is 90.6 Å². The molecule has 0 atom stereocenters. The van der Waals surface area contributed by atoms with Crippen molar-refractivity contribution in [2.75, 3.05) is 0 Å². The van der Waals surface area contributed by atoms with E-state index in [0.717, 1.165) is 55.8 Å². The van der Waals surface area contributed by atoms with Gasteiger partial charge in [-0.2, -0.15) is 20.2 Å². The monoisotopic (exact) mass is 642 g/mol. The maximum atomic E-state index is 13.3. The van der Waals surface area contributed by atoms with Gasteiger partial charge >= 0.3 is 0 Å². The number of rotatable bonds is 3. The highest BCUT2D eigenvalue weighted by Gasteiger charge is 2.41. The number of hydrogen-bond donors (Lipinski definition) is 2. The number of allylic oxidation sites excluding steroid dienone is 8. The van der Waals surface area contributed by atoms with Gasteiger partial charge in [0.2, 0.25) is 10.3 Å². The van der Waals surface area contributed by atoms with Crippen molar-refractivity contribution in [2.24, 2.45) is 20.4 Å². The average molecular weight is 643 g/mol. The Balaban J connectivity index is 1.01. The van der Waals surface area contributed by atoms with Gasteiger partial charge in [-0.25, -0.2) is 0 Å². The molecule has 2 aromatic carbocycles. The maximum Gasteiger partial charge on any atom is 0.298 e. The fourth-order valence-electron chi connectivity index (χ4n) is 5.13. The van der Waals surface area contributed by atoms with Crippen molar-refractivity contribution in [1.82, 2.24) is 20.9 Å². The average Bonchev–Trinajstić information content (AvgIpc) is 3.71. The number of amides is 2. The van der Waals surface area contributed by atoms with Crippen LogP contribution in [0.5, 0.6) is 0 Å². The Hall–Kier alpha value is -5.86. The lowest BCUT2D eigenvalue weighted by Crippen LogP contribution is -2.38. The summed E-state index contributed by atoms with van der Waals surface area (Å²) >= 11 is 2.22. The van der Waals surface area contributed by atoms with Crippen molar-refractivity contribution in [3.8, 4) is 0 Å². The summed E-state index contributed by atoms with van der Waals surface area (Å²) in [7, 11) is 0. The number of carbonyl (C=O) groups excluding carboxylic acids is 4. The summed E-state index contributed by atoms with van der Waals surface area (Å²) in [6.07, 6.45) is 12.7. The molecule has 14 heteroatoms. The lowest BCUT2D eigenvalue weighted by molar-refractivity contribution is -0.125. The summed E-state index contributed by atoms with van der Waals surface area (Å²) in [6.45, 7) is 0. The van der Waals surface area contributed by atoms with E-state index in [1.807, 2.05) is 48.5 Å². The molecule has 0 saturated carbocycles. The standard InChI is InChI=1S/C32H18N8O4S2/c41-25-15-9-17-5-1-3-7-19(17)21(25)11-13-23-29(43)39-31(35-33-23)45-27(37-39)28-38-40-30(44)24(34-36-32(40)46-28)14-12-22-20-8-4-2-6-18(20)10-16-26(22)42/h1-16,33-34H/b21-11+,22-12+,23-13-,24-14-. The molecular weight excluding hydrogens is 625 g/mol. The van der Waals surface area contributed by atoms with Gasteiger partial charge in [0.25, 0.3) is 11.8 Å². The minimum atomic E-state index is -0.472. The molecule has 6 aliphatic rings. The second-order valence-electron chi connectivity index (χ2n) is 10.2. The fraction of sp³-hybridized carbons (Fsp3) is 0. The molecule has 2 amide bonds. The van der Waals surface area contributed by atoms with Gasteiger partial charge in [0.15, 0.2) is 21.7 Å². The van der Waals surface area contributed by atoms with Crippen molar-refractivity contribution < 1.29 is 19.2 Å². The predicted octanol–water partition coefficient (Wildman–Crippen LogP) is 3.64. The summed E-state index contributed by atoms with van der Waals surface area (Å²) in [5, 5.41) is 20.9. The molecule has 222 valence electrons. The molecule has 0 unspecified atom stereocenters. The molecule has 12 nitrogen and oxygen atoms in total. The number of nitrogens with zero attached hydrogens (tertiary/aromatic N) is 6. The third-order valence-corrected chi connectivity index (χ3v) is 9.35. The Morgan fingerprint density at radius 1 is 0.565 bits per heavy atom. The third kappa shape index (κ3) is 4.67. The Morgan fingerprint density at radius 2 is 1.00 bits per heavy atom. The van der Waals surface area contributed by atoms with Crippen LogP contribution in [-0.2, 0) is 19.2 Å². The number of carbonyl (C=O) groups is 4. The maximum absolute atomic E-state index is 13.3. The van der Waals surface area contributed by atoms with Crippen LogP contribution in [0.1, 0.15) is 22.3 Å². The van der Waals surface area contributed by atoms with Crippen LogP contribution in [0.2, 0.25) is 0 Å². The minimum Gasteiger partial charge on any atom is -0.289 e. The highest BCUT2D eigenvalue weighted by Crippen LogP contribution is 2.34. The molecule has 2 N–H and O–H groups in total. The molecule has 4 heterocycles. The second kappa shape index (κ2) is 10.9.